The fraction of sp³-hybridized carbons (Fsp3) is 0.583. The quantitative estimate of drug-likeness (QED) is 0.501. The van der Waals surface area contributed by atoms with Crippen LogP contribution in [0.4, 0.5) is 4.79 Å². The molecule has 132 valence electrons. The van der Waals surface area contributed by atoms with Gasteiger partial charge in [-0.05, 0) is 18.4 Å². The van der Waals surface area contributed by atoms with Gasteiger partial charge in [-0.2, -0.15) is 0 Å². The van der Waals surface area contributed by atoms with Crippen LogP contribution in [0.3, 0.4) is 0 Å². The van der Waals surface area contributed by atoms with Gasteiger partial charge in [-0.3, -0.25) is 9.42 Å². The molecule has 1 atom stereocenters. The summed E-state index contributed by atoms with van der Waals surface area (Å²) < 4.78 is 31.1. The van der Waals surface area contributed by atoms with Gasteiger partial charge in [-0.1, -0.05) is 6.07 Å². The molecule has 1 amide bonds. The highest BCUT2D eigenvalue weighted by Gasteiger charge is 2.35. The zero-order valence-electron chi connectivity index (χ0n) is 12.9. The normalized spacial score (nSPS) is 13.1. The molecule has 0 aromatic carbocycles. The number of hydrogen-bond donors (Lipinski definition) is 2. The standard InChI is InChI=1S/C12H20NO8PS/c1-4-20-12(14)13(8-10(18-2)19-3)11(21-22(15,16)17)9-6-5-7-23-9/h5-7,10-11H,4,8H2,1-3H3,(H2,15,16,17). The number of phosphoric ester groups is 1. The first kappa shape index (κ1) is 20.0. The number of carbonyl (C=O) groups is 1. The molecule has 1 rings (SSSR count). The zero-order chi connectivity index (χ0) is 17.5. The minimum absolute atomic E-state index is 0.0903. The van der Waals surface area contributed by atoms with Crippen molar-refractivity contribution in [1.29, 1.82) is 0 Å². The predicted molar refractivity (Wildman–Crippen MR) is 81.7 cm³/mol. The molecule has 0 aliphatic heterocycles. The fourth-order valence-corrected chi connectivity index (χ4v) is 3.02. The Balaban J connectivity index is 3.14. The van der Waals surface area contributed by atoms with E-state index in [0.29, 0.717) is 4.88 Å². The second-order valence-corrected chi connectivity index (χ2v) is 6.39. The molecular formula is C12H20NO8PS. The fourth-order valence-electron chi connectivity index (χ4n) is 1.70. The number of methoxy groups -OCH3 is 2. The van der Waals surface area contributed by atoms with Crippen LogP contribution in [-0.4, -0.2) is 54.4 Å². The van der Waals surface area contributed by atoms with Crippen LogP contribution in [0.5, 0.6) is 0 Å². The number of hydrogen-bond acceptors (Lipinski definition) is 7. The van der Waals surface area contributed by atoms with Gasteiger partial charge in [0.25, 0.3) is 0 Å². The van der Waals surface area contributed by atoms with E-state index in [1.165, 1.54) is 25.6 Å². The molecular weight excluding hydrogens is 349 g/mol. The van der Waals surface area contributed by atoms with E-state index in [1.54, 1.807) is 24.4 Å². The van der Waals surface area contributed by atoms with Gasteiger partial charge in [0.05, 0.1) is 18.0 Å². The van der Waals surface area contributed by atoms with Crippen LogP contribution in [0.1, 0.15) is 18.0 Å². The molecule has 1 aromatic heterocycles. The number of nitrogens with zero attached hydrogens (tertiary/aromatic N) is 1. The lowest BCUT2D eigenvalue weighted by Gasteiger charge is -2.31. The maximum absolute atomic E-state index is 12.2. The Kier molecular flexibility index (Phi) is 8.13. The highest BCUT2D eigenvalue weighted by atomic mass is 32.1. The first-order chi connectivity index (χ1) is 10.8. The Hall–Kier alpha value is -1.00. The molecule has 1 unspecified atom stereocenters. The van der Waals surface area contributed by atoms with Gasteiger partial charge in [0.1, 0.15) is 0 Å². The number of amides is 1. The van der Waals surface area contributed by atoms with Crippen molar-refractivity contribution in [2.24, 2.45) is 0 Å². The molecule has 2 N–H and O–H groups in total. The Morgan fingerprint density at radius 2 is 2.04 bits per heavy atom. The summed E-state index contributed by atoms with van der Waals surface area (Å²) >= 11 is 1.18. The first-order valence-corrected chi connectivity index (χ1v) is 8.99. The molecule has 0 saturated carbocycles. The lowest BCUT2D eigenvalue weighted by Crippen LogP contribution is -2.42. The Bertz CT molecular complexity index is 515. The third kappa shape index (κ3) is 6.56. The van der Waals surface area contributed by atoms with Gasteiger partial charge in [-0.15, -0.1) is 11.3 Å². The second-order valence-electron chi connectivity index (χ2n) is 4.22. The third-order valence-corrected chi connectivity index (χ3v) is 4.06. The smallest absolute Gasteiger partial charge is 0.450 e. The van der Waals surface area contributed by atoms with Crippen LogP contribution in [0, 0.1) is 0 Å². The maximum atomic E-state index is 12.2. The van der Waals surface area contributed by atoms with Crippen molar-refractivity contribution in [3.63, 3.8) is 0 Å². The van der Waals surface area contributed by atoms with E-state index in [9.17, 15) is 9.36 Å². The summed E-state index contributed by atoms with van der Waals surface area (Å²) in [6, 6.07) is 3.26. The average molecular weight is 369 g/mol. The molecule has 23 heavy (non-hydrogen) atoms. The van der Waals surface area contributed by atoms with Crippen molar-refractivity contribution in [3.05, 3.63) is 22.4 Å². The summed E-state index contributed by atoms with van der Waals surface area (Å²) in [6.45, 7) is 1.56. The molecule has 1 heterocycles. The van der Waals surface area contributed by atoms with E-state index in [2.05, 4.69) is 0 Å². The molecule has 9 nitrogen and oxygen atoms in total. The second kappa shape index (κ2) is 9.33. The van der Waals surface area contributed by atoms with Crippen molar-refractivity contribution >= 4 is 25.3 Å². The molecule has 0 fully saturated rings. The zero-order valence-corrected chi connectivity index (χ0v) is 14.7. The molecule has 0 aliphatic carbocycles. The molecule has 0 spiro atoms. The van der Waals surface area contributed by atoms with Crippen molar-refractivity contribution < 1.29 is 37.9 Å². The number of rotatable bonds is 9. The van der Waals surface area contributed by atoms with Gasteiger partial charge < -0.3 is 24.0 Å². The summed E-state index contributed by atoms with van der Waals surface area (Å²) in [5.41, 5.74) is 0. The summed E-state index contributed by atoms with van der Waals surface area (Å²) in [7, 11) is -2.11. The van der Waals surface area contributed by atoms with Crippen molar-refractivity contribution in [2.45, 2.75) is 19.4 Å². The lowest BCUT2D eigenvalue weighted by atomic mass is 10.3. The van der Waals surface area contributed by atoms with Crippen LogP contribution >= 0.6 is 19.2 Å². The predicted octanol–water partition coefficient (Wildman–Crippen LogP) is 1.93. The third-order valence-electron chi connectivity index (χ3n) is 2.68. The Labute approximate surface area is 138 Å². The van der Waals surface area contributed by atoms with E-state index in [0.717, 1.165) is 4.90 Å². The van der Waals surface area contributed by atoms with Gasteiger partial charge >= 0.3 is 13.9 Å². The van der Waals surface area contributed by atoms with E-state index >= 15 is 0 Å². The Morgan fingerprint density at radius 1 is 1.39 bits per heavy atom. The SMILES string of the molecule is CCOC(=O)N(CC(OC)OC)C(OP(=O)(O)O)c1cccs1. The molecule has 0 aliphatic rings. The van der Waals surface area contributed by atoms with Gasteiger partial charge in [0.15, 0.2) is 12.5 Å². The van der Waals surface area contributed by atoms with Crippen LogP contribution < -0.4 is 0 Å². The average Bonchev–Trinajstić information content (AvgIpc) is 3.00. The lowest BCUT2D eigenvalue weighted by molar-refractivity contribution is -0.129. The van der Waals surface area contributed by atoms with Crippen LogP contribution in [-0.2, 0) is 23.3 Å². The maximum Gasteiger partial charge on any atom is 0.471 e. The largest absolute Gasteiger partial charge is 0.471 e. The first-order valence-electron chi connectivity index (χ1n) is 6.58. The monoisotopic (exact) mass is 369 g/mol. The van der Waals surface area contributed by atoms with Gasteiger partial charge in [-0.25, -0.2) is 9.36 Å². The summed E-state index contributed by atoms with van der Waals surface area (Å²) in [5.74, 6) is 0. The molecule has 0 radical (unpaired) electrons. The molecule has 1 aromatic rings. The number of ether oxygens (including phenoxy) is 3. The Morgan fingerprint density at radius 3 is 2.48 bits per heavy atom. The van der Waals surface area contributed by atoms with E-state index in [-0.39, 0.29) is 13.2 Å². The topological polar surface area (TPSA) is 115 Å². The van der Waals surface area contributed by atoms with E-state index in [4.69, 9.17) is 28.5 Å². The van der Waals surface area contributed by atoms with Gasteiger partial charge in [0, 0.05) is 14.2 Å². The van der Waals surface area contributed by atoms with Crippen molar-refractivity contribution in [2.75, 3.05) is 27.4 Å². The van der Waals surface area contributed by atoms with Crippen molar-refractivity contribution in [1.82, 2.24) is 4.90 Å². The van der Waals surface area contributed by atoms with E-state index in [1.807, 2.05) is 0 Å². The number of carbonyl (C=O) groups excluding carboxylic acids is 1. The highest BCUT2D eigenvalue weighted by molar-refractivity contribution is 7.46. The van der Waals surface area contributed by atoms with Crippen molar-refractivity contribution in [3.8, 4) is 0 Å². The highest BCUT2D eigenvalue weighted by Crippen LogP contribution is 2.44. The minimum atomic E-state index is -4.86. The summed E-state index contributed by atoms with van der Waals surface area (Å²) in [6.07, 6.45) is -2.96. The molecule has 0 saturated heterocycles. The summed E-state index contributed by atoms with van der Waals surface area (Å²) in [5, 5.41) is 1.69. The van der Waals surface area contributed by atoms with Gasteiger partial charge in [0.2, 0.25) is 0 Å². The number of thiophene rings is 1. The van der Waals surface area contributed by atoms with Crippen LogP contribution in [0.15, 0.2) is 17.5 Å². The van der Waals surface area contributed by atoms with Crippen LogP contribution in [0.2, 0.25) is 0 Å². The molecule has 11 heteroatoms. The number of phosphoric acid groups is 1. The minimum Gasteiger partial charge on any atom is -0.450 e. The van der Waals surface area contributed by atoms with E-state index < -0.39 is 26.4 Å². The summed E-state index contributed by atoms with van der Waals surface area (Å²) in [4.78, 5) is 31.9. The van der Waals surface area contributed by atoms with Crippen LogP contribution in [0.25, 0.3) is 0 Å². The molecule has 0 bridgehead atoms.